The summed E-state index contributed by atoms with van der Waals surface area (Å²) in [6.45, 7) is 2.24. The van der Waals surface area contributed by atoms with Crippen LogP contribution in [0.5, 0.6) is 0 Å². The maximum Gasteiger partial charge on any atom is 0.356 e. The van der Waals surface area contributed by atoms with Gasteiger partial charge in [-0.2, -0.15) is 0 Å². The van der Waals surface area contributed by atoms with Crippen LogP contribution < -0.4 is 0 Å². The smallest absolute Gasteiger partial charge is 0.356 e. The van der Waals surface area contributed by atoms with E-state index >= 15 is 0 Å². The minimum atomic E-state index is -0.425. The van der Waals surface area contributed by atoms with Gasteiger partial charge in [0.05, 0.1) is 7.11 Å². The third-order valence-electron chi connectivity index (χ3n) is 3.29. The van der Waals surface area contributed by atoms with Gasteiger partial charge in [-0.05, 0) is 18.6 Å². The lowest BCUT2D eigenvalue weighted by atomic mass is 10.1. The van der Waals surface area contributed by atoms with E-state index in [1.54, 1.807) is 12.3 Å². The lowest BCUT2D eigenvalue weighted by Crippen LogP contribution is -2.03. The summed E-state index contributed by atoms with van der Waals surface area (Å²) in [7, 11) is 1.35. The number of methoxy groups -OCH3 is 1. The first kappa shape index (κ1) is 17.2. The van der Waals surface area contributed by atoms with Gasteiger partial charge in [0, 0.05) is 18.2 Å². The fraction of sp³-hybridized carbons (Fsp3) is 0.556. The molecule has 0 bridgehead atoms. The summed E-state index contributed by atoms with van der Waals surface area (Å²) in [4.78, 5) is 15.3. The van der Waals surface area contributed by atoms with E-state index < -0.39 is 5.97 Å². The molecular formula is C18H25NO2. The SMILES string of the molecule is CCCCCCCCCC#Cc1ccnc(C(=O)OC)c1. The van der Waals surface area contributed by atoms with E-state index in [4.69, 9.17) is 0 Å². The number of carbonyl (C=O) groups excluding carboxylic acids is 1. The van der Waals surface area contributed by atoms with Crippen LogP contribution in [0.4, 0.5) is 0 Å². The minimum Gasteiger partial charge on any atom is -0.464 e. The summed E-state index contributed by atoms with van der Waals surface area (Å²) in [5, 5.41) is 0. The molecule has 3 nitrogen and oxygen atoms in total. The molecule has 0 atom stereocenters. The van der Waals surface area contributed by atoms with Gasteiger partial charge in [-0.3, -0.25) is 0 Å². The summed E-state index contributed by atoms with van der Waals surface area (Å²) < 4.78 is 4.64. The summed E-state index contributed by atoms with van der Waals surface area (Å²) in [5.74, 6) is 5.81. The van der Waals surface area contributed by atoms with Gasteiger partial charge in [0.1, 0.15) is 5.69 Å². The quantitative estimate of drug-likeness (QED) is 0.405. The zero-order chi connectivity index (χ0) is 15.3. The molecule has 114 valence electrons. The summed E-state index contributed by atoms with van der Waals surface area (Å²) in [5.41, 5.74) is 1.12. The third-order valence-corrected chi connectivity index (χ3v) is 3.29. The molecule has 0 N–H and O–H groups in total. The van der Waals surface area contributed by atoms with Crippen LogP contribution in [0.1, 0.15) is 74.3 Å². The van der Waals surface area contributed by atoms with Crippen molar-refractivity contribution >= 4 is 5.97 Å². The molecular weight excluding hydrogens is 262 g/mol. The molecule has 0 saturated heterocycles. The van der Waals surface area contributed by atoms with Crippen molar-refractivity contribution in [2.24, 2.45) is 0 Å². The molecule has 0 aliphatic carbocycles. The number of aromatic nitrogens is 1. The topological polar surface area (TPSA) is 39.2 Å². The van der Waals surface area contributed by atoms with Gasteiger partial charge in [-0.1, -0.05) is 57.3 Å². The van der Waals surface area contributed by atoms with Gasteiger partial charge in [-0.15, -0.1) is 0 Å². The molecule has 0 aromatic carbocycles. The first-order chi connectivity index (χ1) is 10.3. The monoisotopic (exact) mass is 287 g/mol. The predicted octanol–water partition coefficient (Wildman–Crippen LogP) is 4.36. The Labute approximate surface area is 128 Å². The maximum atomic E-state index is 11.4. The second-order valence-corrected chi connectivity index (χ2v) is 5.09. The van der Waals surface area contributed by atoms with Gasteiger partial charge in [0.15, 0.2) is 0 Å². The third kappa shape index (κ3) is 7.51. The average molecular weight is 287 g/mol. The highest BCUT2D eigenvalue weighted by Gasteiger charge is 2.05. The fourth-order valence-electron chi connectivity index (χ4n) is 2.06. The highest BCUT2D eigenvalue weighted by atomic mass is 16.5. The van der Waals surface area contributed by atoms with Crippen LogP contribution in [0.25, 0.3) is 0 Å². The van der Waals surface area contributed by atoms with E-state index in [1.165, 1.54) is 45.6 Å². The molecule has 1 aromatic heterocycles. The first-order valence-electron chi connectivity index (χ1n) is 7.81. The van der Waals surface area contributed by atoms with Crippen LogP contribution in [-0.4, -0.2) is 18.1 Å². The molecule has 21 heavy (non-hydrogen) atoms. The van der Waals surface area contributed by atoms with E-state index in [9.17, 15) is 4.79 Å². The molecule has 1 heterocycles. The van der Waals surface area contributed by atoms with E-state index in [-0.39, 0.29) is 0 Å². The Kier molecular flexibility index (Phi) is 8.95. The first-order valence-corrected chi connectivity index (χ1v) is 7.81. The molecule has 0 radical (unpaired) electrons. The van der Waals surface area contributed by atoms with Crippen molar-refractivity contribution in [3.8, 4) is 11.8 Å². The Bertz CT molecular complexity index is 485. The van der Waals surface area contributed by atoms with Gasteiger partial charge in [-0.25, -0.2) is 9.78 Å². The van der Waals surface area contributed by atoms with Crippen molar-refractivity contribution in [2.75, 3.05) is 7.11 Å². The molecule has 0 aliphatic heterocycles. The standard InChI is InChI=1S/C18H25NO2/c1-3-4-5-6-7-8-9-10-11-12-16-13-14-19-17(15-16)18(20)21-2/h13-15H,3-10H2,1-2H3. The Balaban J connectivity index is 2.27. The van der Waals surface area contributed by atoms with Crippen LogP contribution >= 0.6 is 0 Å². The van der Waals surface area contributed by atoms with Crippen LogP contribution in [0, 0.1) is 11.8 Å². The van der Waals surface area contributed by atoms with E-state index in [0.29, 0.717) is 5.69 Å². The van der Waals surface area contributed by atoms with E-state index in [1.807, 2.05) is 6.07 Å². The number of hydrogen-bond donors (Lipinski definition) is 0. The van der Waals surface area contributed by atoms with E-state index in [2.05, 4.69) is 28.5 Å². The van der Waals surface area contributed by atoms with Crippen molar-refractivity contribution < 1.29 is 9.53 Å². The van der Waals surface area contributed by atoms with Gasteiger partial charge >= 0.3 is 5.97 Å². The highest BCUT2D eigenvalue weighted by Crippen LogP contribution is 2.08. The zero-order valence-electron chi connectivity index (χ0n) is 13.2. The van der Waals surface area contributed by atoms with Crippen molar-refractivity contribution in [1.29, 1.82) is 0 Å². The number of nitrogens with zero attached hydrogens (tertiary/aromatic N) is 1. The van der Waals surface area contributed by atoms with Crippen molar-refractivity contribution in [2.45, 2.75) is 58.3 Å². The Morgan fingerprint density at radius 3 is 2.62 bits per heavy atom. The van der Waals surface area contributed by atoms with Gasteiger partial charge in [0.25, 0.3) is 0 Å². The van der Waals surface area contributed by atoms with Gasteiger partial charge in [0.2, 0.25) is 0 Å². The van der Waals surface area contributed by atoms with Crippen LogP contribution in [-0.2, 0) is 4.74 Å². The molecule has 1 rings (SSSR count). The molecule has 0 spiro atoms. The number of ether oxygens (including phenoxy) is 1. The lowest BCUT2D eigenvalue weighted by Gasteiger charge is -1.98. The van der Waals surface area contributed by atoms with Crippen molar-refractivity contribution in [1.82, 2.24) is 4.98 Å². The number of pyridine rings is 1. The molecule has 1 aromatic rings. The predicted molar refractivity (Wildman–Crippen MR) is 85.1 cm³/mol. The number of carbonyl (C=O) groups is 1. The average Bonchev–Trinajstić information content (AvgIpc) is 2.53. The fourth-order valence-corrected chi connectivity index (χ4v) is 2.06. The van der Waals surface area contributed by atoms with E-state index in [0.717, 1.165) is 18.4 Å². The summed E-state index contributed by atoms with van der Waals surface area (Å²) >= 11 is 0. The lowest BCUT2D eigenvalue weighted by molar-refractivity contribution is 0.0594. The molecule has 0 aliphatic rings. The van der Waals surface area contributed by atoms with Crippen LogP contribution in [0.2, 0.25) is 0 Å². The number of unbranched alkanes of at least 4 members (excludes halogenated alkanes) is 7. The number of hydrogen-bond acceptors (Lipinski definition) is 3. The van der Waals surface area contributed by atoms with Crippen molar-refractivity contribution in [3.63, 3.8) is 0 Å². The van der Waals surface area contributed by atoms with Crippen LogP contribution in [0.3, 0.4) is 0 Å². The maximum absolute atomic E-state index is 11.4. The summed E-state index contributed by atoms with van der Waals surface area (Å²) in [6, 6.07) is 3.48. The largest absolute Gasteiger partial charge is 0.464 e. The van der Waals surface area contributed by atoms with Crippen LogP contribution in [0.15, 0.2) is 18.3 Å². The second kappa shape index (κ2) is 10.9. The summed E-state index contributed by atoms with van der Waals surface area (Å²) in [6.07, 6.45) is 11.5. The Morgan fingerprint density at radius 1 is 1.19 bits per heavy atom. The highest BCUT2D eigenvalue weighted by molar-refractivity contribution is 5.87. The Morgan fingerprint density at radius 2 is 1.90 bits per heavy atom. The van der Waals surface area contributed by atoms with Gasteiger partial charge < -0.3 is 4.74 Å². The molecule has 0 fully saturated rings. The Hall–Kier alpha value is -1.82. The molecule has 0 unspecified atom stereocenters. The van der Waals surface area contributed by atoms with Crippen molar-refractivity contribution in [3.05, 3.63) is 29.6 Å². The molecule has 0 saturated carbocycles. The zero-order valence-corrected chi connectivity index (χ0v) is 13.2. The molecule has 0 amide bonds. The normalized spacial score (nSPS) is 9.81. The second-order valence-electron chi connectivity index (χ2n) is 5.09. The minimum absolute atomic E-state index is 0.306. The number of rotatable bonds is 8. The molecule has 3 heteroatoms. The number of esters is 1.